The lowest BCUT2D eigenvalue weighted by atomic mass is 10.1. The zero-order chi connectivity index (χ0) is 12.4. The lowest BCUT2D eigenvalue weighted by Crippen LogP contribution is -2.40. The average molecular weight is 273 g/mol. The first-order chi connectivity index (χ1) is 8.15. The fourth-order valence-corrected chi connectivity index (χ4v) is 2.55. The summed E-state index contributed by atoms with van der Waals surface area (Å²) in [7, 11) is 0. The van der Waals surface area contributed by atoms with Crippen molar-refractivity contribution < 1.29 is 4.79 Å². The summed E-state index contributed by atoms with van der Waals surface area (Å²) in [5.74, 6) is -0.0783. The Morgan fingerprint density at radius 3 is 2.94 bits per heavy atom. The van der Waals surface area contributed by atoms with Crippen LogP contribution in [0.5, 0.6) is 0 Å². The summed E-state index contributed by atoms with van der Waals surface area (Å²) in [4.78, 5) is 14.1. The summed E-state index contributed by atoms with van der Waals surface area (Å²) in [5.41, 5.74) is 6.11. The summed E-state index contributed by atoms with van der Waals surface area (Å²) in [5, 5.41) is 0.725. The van der Waals surface area contributed by atoms with Gasteiger partial charge in [-0.05, 0) is 25.0 Å². The molecule has 1 amide bonds. The summed E-state index contributed by atoms with van der Waals surface area (Å²) in [6.07, 6.45) is 1.95. The Labute approximate surface area is 110 Å². The monoisotopic (exact) mass is 272 g/mol. The normalized spacial score (nSPS) is 19.7. The Morgan fingerprint density at radius 2 is 2.24 bits per heavy atom. The molecule has 5 heteroatoms. The molecule has 0 spiro atoms. The quantitative estimate of drug-likeness (QED) is 0.900. The van der Waals surface area contributed by atoms with Gasteiger partial charge in [0, 0.05) is 19.1 Å². The third-order valence-corrected chi connectivity index (χ3v) is 3.91. The number of halogens is 2. The van der Waals surface area contributed by atoms with Crippen molar-refractivity contribution in [2.45, 2.75) is 18.9 Å². The number of carbonyl (C=O) groups is 1. The van der Waals surface area contributed by atoms with E-state index in [2.05, 4.69) is 0 Å². The SMILES string of the molecule is NC[C@@H]1CCCN1C(=O)c1cccc(Cl)c1Cl. The second-order valence-corrected chi connectivity index (χ2v) is 4.92. The van der Waals surface area contributed by atoms with Crippen LogP contribution in [-0.2, 0) is 0 Å². The molecular formula is C12H14Cl2N2O. The van der Waals surface area contributed by atoms with Crippen molar-refractivity contribution in [3.63, 3.8) is 0 Å². The Kier molecular flexibility index (Phi) is 3.92. The molecule has 1 aromatic carbocycles. The third kappa shape index (κ3) is 2.41. The fraction of sp³-hybridized carbons (Fsp3) is 0.417. The average Bonchev–Trinajstić information content (AvgIpc) is 2.80. The van der Waals surface area contributed by atoms with Crippen LogP contribution in [0.15, 0.2) is 18.2 Å². The minimum absolute atomic E-state index is 0.0783. The maximum Gasteiger partial charge on any atom is 0.255 e. The van der Waals surface area contributed by atoms with Gasteiger partial charge in [-0.1, -0.05) is 29.3 Å². The highest BCUT2D eigenvalue weighted by Crippen LogP contribution is 2.28. The highest BCUT2D eigenvalue weighted by molar-refractivity contribution is 6.43. The topological polar surface area (TPSA) is 46.3 Å². The third-order valence-electron chi connectivity index (χ3n) is 3.09. The molecule has 1 atom stereocenters. The van der Waals surface area contributed by atoms with Crippen molar-refractivity contribution in [2.24, 2.45) is 5.73 Å². The van der Waals surface area contributed by atoms with E-state index in [4.69, 9.17) is 28.9 Å². The van der Waals surface area contributed by atoms with Crippen LogP contribution in [0.25, 0.3) is 0 Å². The lowest BCUT2D eigenvalue weighted by molar-refractivity contribution is 0.0741. The Bertz CT molecular complexity index is 437. The van der Waals surface area contributed by atoms with E-state index in [1.807, 2.05) is 0 Å². The zero-order valence-electron chi connectivity index (χ0n) is 9.33. The molecule has 2 N–H and O–H groups in total. The molecule has 0 radical (unpaired) electrons. The summed E-state index contributed by atoms with van der Waals surface area (Å²) in [6.45, 7) is 1.23. The smallest absolute Gasteiger partial charge is 0.255 e. The van der Waals surface area contributed by atoms with E-state index < -0.39 is 0 Å². The molecule has 17 heavy (non-hydrogen) atoms. The summed E-state index contributed by atoms with van der Waals surface area (Å²) < 4.78 is 0. The number of carbonyl (C=O) groups excluding carboxylic acids is 1. The molecule has 1 fully saturated rings. The van der Waals surface area contributed by atoms with E-state index in [9.17, 15) is 4.79 Å². The Morgan fingerprint density at radius 1 is 1.47 bits per heavy atom. The zero-order valence-corrected chi connectivity index (χ0v) is 10.8. The van der Waals surface area contributed by atoms with Crippen molar-refractivity contribution in [2.75, 3.05) is 13.1 Å². The predicted octanol–water partition coefficient (Wildman–Crippen LogP) is 2.56. The van der Waals surface area contributed by atoms with E-state index in [0.717, 1.165) is 19.4 Å². The first-order valence-corrected chi connectivity index (χ1v) is 6.35. The number of benzene rings is 1. The maximum atomic E-state index is 12.3. The van der Waals surface area contributed by atoms with Crippen LogP contribution in [0.3, 0.4) is 0 Å². The molecule has 0 bridgehead atoms. The molecule has 1 heterocycles. The summed E-state index contributed by atoms with van der Waals surface area (Å²) >= 11 is 12.0. The Balaban J connectivity index is 2.28. The molecular weight excluding hydrogens is 259 g/mol. The molecule has 1 aromatic rings. The van der Waals surface area contributed by atoms with E-state index >= 15 is 0 Å². The molecule has 3 nitrogen and oxygen atoms in total. The second-order valence-electron chi connectivity index (χ2n) is 4.13. The van der Waals surface area contributed by atoms with E-state index in [1.54, 1.807) is 23.1 Å². The molecule has 2 rings (SSSR count). The van der Waals surface area contributed by atoms with Crippen molar-refractivity contribution in [1.82, 2.24) is 4.90 Å². The van der Waals surface area contributed by atoms with Crippen molar-refractivity contribution >= 4 is 29.1 Å². The number of likely N-dealkylation sites (tertiary alicyclic amines) is 1. The van der Waals surface area contributed by atoms with E-state index in [1.165, 1.54) is 0 Å². The van der Waals surface area contributed by atoms with Crippen LogP contribution in [0, 0.1) is 0 Å². The summed E-state index contributed by atoms with van der Waals surface area (Å²) in [6, 6.07) is 5.22. The van der Waals surface area contributed by atoms with Gasteiger partial charge in [0.05, 0.1) is 15.6 Å². The molecule has 0 unspecified atom stereocenters. The van der Waals surface area contributed by atoms with Crippen LogP contribution >= 0.6 is 23.2 Å². The van der Waals surface area contributed by atoms with Crippen LogP contribution in [0.1, 0.15) is 23.2 Å². The van der Waals surface area contributed by atoms with Gasteiger partial charge >= 0.3 is 0 Å². The van der Waals surface area contributed by atoms with Crippen LogP contribution in [0.4, 0.5) is 0 Å². The van der Waals surface area contributed by atoms with Gasteiger partial charge in [0.1, 0.15) is 0 Å². The second kappa shape index (κ2) is 5.25. The van der Waals surface area contributed by atoms with Crippen molar-refractivity contribution in [3.05, 3.63) is 33.8 Å². The number of rotatable bonds is 2. The van der Waals surface area contributed by atoms with Gasteiger partial charge in [-0.3, -0.25) is 4.79 Å². The highest BCUT2D eigenvalue weighted by Gasteiger charge is 2.29. The molecule has 0 aliphatic carbocycles. The van der Waals surface area contributed by atoms with Gasteiger partial charge in [0.15, 0.2) is 0 Å². The van der Waals surface area contributed by atoms with Crippen LogP contribution in [0.2, 0.25) is 10.0 Å². The number of nitrogens with two attached hydrogens (primary N) is 1. The van der Waals surface area contributed by atoms with Gasteiger partial charge < -0.3 is 10.6 Å². The van der Waals surface area contributed by atoms with Gasteiger partial charge in [-0.2, -0.15) is 0 Å². The number of hydrogen-bond acceptors (Lipinski definition) is 2. The molecule has 0 saturated carbocycles. The van der Waals surface area contributed by atoms with Gasteiger partial charge in [-0.15, -0.1) is 0 Å². The molecule has 1 saturated heterocycles. The predicted molar refractivity (Wildman–Crippen MR) is 69.6 cm³/mol. The van der Waals surface area contributed by atoms with Crippen molar-refractivity contribution in [3.8, 4) is 0 Å². The molecule has 92 valence electrons. The first kappa shape index (κ1) is 12.7. The highest BCUT2D eigenvalue weighted by atomic mass is 35.5. The van der Waals surface area contributed by atoms with E-state index in [0.29, 0.717) is 22.2 Å². The van der Waals surface area contributed by atoms with E-state index in [-0.39, 0.29) is 11.9 Å². The number of amides is 1. The fourth-order valence-electron chi connectivity index (χ4n) is 2.17. The van der Waals surface area contributed by atoms with Gasteiger partial charge in [0.2, 0.25) is 0 Å². The minimum Gasteiger partial charge on any atom is -0.334 e. The molecule has 1 aliphatic heterocycles. The minimum atomic E-state index is -0.0783. The van der Waals surface area contributed by atoms with Crippen LogP contribution in [-0.4, -0.2) is 29.9 Å². The Hall–Kier alpha value is -0.770. The largest absolute Gasteiger partial charge is 0.334 e. The molecule has 1 aliphatic rings. The molecule has 0 aromatic heterocycles. The van der Waals surface area contributed by atoms with Gasteiger partial charge in [0.25, 0.3) is 5.91 Å². The maximum absolute atomic E-state index is 12.3. The standard InChI is InChI=1S/C12H14Cl2N2O/c13-10-5-1-4-9(11(10)14)12(17)16-6-2-3-8(16)7-15/h1,4-5,8H,2-3,6-7,15H2/t8-/m0/s1. The lowest BCUT2D eigenvalue weighted by Gasteiger charge is -2.24. The van der Waals surface area contributed by atoms with Crippen molar-refractivity contribution in [1.29, 1.82) is 0 Å². The number of hydrogen-bond donors (Lipinski definition) is 1. The van der Waals surface area contributed by atoms with Crippen LogP contribution < -0.4 is 5.73 Å². The number of nitrogens with zero attached hydrogens (tertiary/aromatic N) is 1. The first-order valence-electron chi connectivity index (χ1n) is 5.60. The van der Waals surface area contributed by atoms with Gasteiger partial charge in [-0.25, -0.2) is 0 Å².